The van der Waals surface area contributed by atoms with Crippen LogP contribution >= 0.6 is 0 Å². The van der Waals surface area contributed by atoms with E-state index in [9.17, 15) is 18.4 Å². The van der Waals surface area contributed by atoms with E-state index in [0.717, 1.165) is 43.9 Å². The molecule has 1 aromatic carbocycles. The Balaban J connectivity index is 1.66. The summed E-state index contributed by atoms with van der Waals surface area (Å²) in [6.07, 6.45) is 4.85. The van der Waals surface area contributed by atoms with E-state index in [2.05, 4.69) is 12.2 Å². The predicted molar refractivity (Wildman–Crippen MR) is 93.8 cm³/mol. The number of halogens is 2. The number of carbonyl (C=O) groups excluding carboxylic acids is 2. The van der Waals surface area contributed by atoms with E-state index in [1.807, 2.05) is 0 Å². The Labute approximate surface area is 157 Å². The molecule has 2 aliphatic carbocycles. The van der Waals surface area contributed by atoms with E-state index < -0.39 is 29.3 Å². The lowest BCUT2D eigenvalue weighted by Crippen LogP contribution is -2.57. The largest absolute Gasteiger partial charge is 0.353 e. The molecule has 3 fully saturated rings. The molecular weight excluding hydrogens is 354 g/mol. The third-order valence-electron chi connectivity index (χ3n) is 5.87. The van der Waals surface area contributed by atoms with Crippen molar-refractivity contribution < 1.29 is 23.1 Å². The Morgan fingerprint density at radius 2 is 1.74 bits per heavy atom. The molecule has 1 aliphatic heterocycles. The SMILES string of the molecule is CC1CCC2(CC1)OC[C@@H](C(=O)NC1CC1)N2C(=O)c1cc(F)cc(F)c1. The number of carbonyl (C=O) groups is 2. The van der Waals surface area contributed by atoms with Crippen molar-refractivity contribution in [3.8, 4) is 0 Å². The van der Waals surface area contributed by atoms with Crippen LogP contribution in [0.1, 0.15) is 55.8 Å². The van der Waals surface area contributed by atoms with Gasteiger partial charge in [0.15, 0.2) is 0 Å². The van der Waals surface area contributed by atoms with Crippen LogP contribution in [0.4, 0.5) is 8.78 Å². The molecule has 27 heavy (non-hydrogen) atoms. The van der Waals surface area contributed by atoms with Gasteiger partial charge >= 0.3 is 0 Å². The van der Waals surface area contributed by atoms with Crippen LogP contribution in [0, 0.1) is 17.6 Å². The molecule has 0 bridgehead atoms. The van der Waals surface area contributed by atoms with Gasteiger partial charge in [0.2, 0.25) is 5.91 Å². The summed E-state index contributed by atoms with van der Waals surface area (Å²) in [5, 5.41) is 2.92. The van der Waals surface area contributed by atoms with Crippen molar-refractivity contribution in [3.05, 3.63) is 35.4 Å². The van der Waals surface area contributed by atoms with Crippen LogP contribution in [0.25, 0.3) is 0 Å². The maximum atomic E-state index is 13.7. The summed E-state index contributed by atoms with van der Waals surface area (Å²) in [6, 6.07) is 2.13. The van der Waals surface area contributed by atoms with Gasteiger partial charge < -0.3 is 10.1 Å². The molecule has 1 heterocycles. The standard InChI is InChI=1S/C20H24F2N2O3/c1-12-4-6-20(7-5-12)24(17(11-27-20)18(25)23-16-2-3-16)19(26)13-8-14(21)10-15(22)9-13/h8-10,12,16-17H,2-7,11H2,1H3,(H,23,25)/t12?,17-,20?/m0/s1. The fraction of sp³-hybridized carbons (Fsp3) is 0.600. The first kappa shape index (κ1) is 18.3. The molecule has 0 aromatic heterocycles. The number of rotatable bonds is 3. The van der Waals surface area contributed by atoms with Crippen LogP contribution in [-0.2, 0) is 9.53 Å². The Morgan fingerprint density at radius 3 is 2.33 bits per heavy atom. The van der Waals surface area contributed by atoms with Crippen molar-refractivity contribution in [1.29, 1.82) is 0 Å². The monoisotopic (exact) mass is 378 g/mol. The molecule has 3 aliphatic rings. The van der Waals surface area contributed by atoms with Gasteiger partial charge in [0.1, 0.15) is 23.4 Å². The topological polar surface area (TPSA) is 58.6 Å². The molecule has 0 unspecified atom stereocenters. The second kappa shape index (κ2) is 6.86. The highest BCUT2D eigenvalue weighted by Crippen LogP contribution is 2.43. The van der Waals surface area contributed by atoms with Gasteiger partial charge in [-0.1, -0.05) is 6.92 Å². The summed E-state index contributed by atoms with van der Waals surface area (Å²) in [7, 11) is 0. The zero-order valence-corrected chi connectivity index (χ0v) is 15.3. The van der Waals surface area contributed by atoms with Crippen molar-refractivity contribution in [1.82, 2.24) is 10.2 Å². The minimum atomic E-state index is -0.877. The molecule has 2 amide bonds. The van der Waals surface area contributed by atoms with E-state index in [1.54, 1.807) is 0 Å². The number of hydrogen-bond donors (Lipinski definition) is 1. The average molecular weight is 378 g/mol. The fourth-order valence-corrected chi connectivity index (χ4v) is 4.12. The van der Waals surface area contributed by atoms with Gasteiger partial charge in [-0.25, -0.2) is 8.78 Å². The Hall–Kier alpha value is -2.02. The molecule has 7 heteroatoms. The first-order chi connectivity index (χ1) is 12.9. The minimum Gasteiger partial charge on any atom is -0.353 e. The summed E-state index contributed by atoms with van der Waals surface area (Å²) in [5.74, 6) is -1.93. The van der Waals surface area contributed by atoms with Crippen LogP contribution in [0.5, 0.6) is 0 Å². The number of nitrogens with one attached hydrogen (secondary N) is 1. The quantitative estimate of drug-likeness (QED) is 0.880. The van der Waals surface area contributed by atoms with E-state index in [-0.39, 0.29) is 24.1 Å². The normalized spacial score (nSPS) is 30.6. The molecular formula is C20H24F2N2O3. The van der Waals surface area contributed by atoms with Gasteiger partial charge in [0.05, 0.1) is 6.61 Å². The van der Waals surface area contributed by atoms with Crippen molar-refractivity contribution in [2.45, 2.75) is 63.3 Å². The van der Waals surface area contributed by atoms with Gasteiger partial charge in [0, 0.05) is 17.7 Å². The maximum absolute atomic E-state index is 13.7. The fourth-order valence-electron chi connectivity index (χ4n) is 4.12. The predicted octanol–water partition coefficient (Wildman–Crippen LogP) is 2.99. The Bertz CT molecular complexity index is 737. The summed E-state index contributed by atoms with van der Waals surface area (Å²) in [6.45, 7) is 2.25. The molecule has 1 aromatic rings. The number of amides is 2. The van der Waals surface area contributed by atoms with E-state index in [0.29, 0.717) is 18.8 Å². The molecule has 2 saturated carbocycles. The highest BCUT2D eigenvalue weighted by atomic mass is 19.1. The summed E-state index contributed by atoms with van der Waals surface area (Å²) >= 11 is 0. The second-order valence-electron chi connectivity index (χ2n) is 8.07. The Morgan fingerprint density at radius 1 is 1.11 bits per heavy atom. The van der Waals surface area contributed by atoms with Crippen LogP contribution in [0.3, 0.4) is 0 Å². The summed E-state index contributed by atoms with van der Waals surface area (Å²) in [5.41, 5.74) is -0.974. The first-order valence-electron chi connectivity index (χ1n) is 9.62. The lowest BCUT2D eigenvalue weighted by Gasteiger charge is -2.43. The van der Waals surface area contributed by atoms with Gasteiger partial charge in [-0.05, 0) is 56.6 Å². The smallest absolute Gasteiger partial charge is 0.257 e. The molecule has 1 spiro atoms. The minimum absolute atomic E-state index is 0.0970. The van der Waals surface area contributed by atoms with Crippen LogP contribution in [0.2, 0.25) is 0 Å². The van der Waals surface area contributed by atoms with Crippen molar-refractivity contribution in [3.63, 3.8) is 0 Å². The lowest BCUT2D eigenvalue weighted by atomic mass is 9.83. The molecule has 1 saturated heterocycles. The molecule has 0 radical (unpaired) electrons. The van der Waals surface area contributed by atoms with Crippen molar-refractivity contribution >= 4 is 11.8 Å². The summed E-state index contributed by atoms with van der Waals surface area (Å²) in [4.78, 5) is 27.4. The molecule has 5 nitrogen and oxygen atoms in total. The first-order valence-corrected chi connectivity index (χ1v) is 9.62. The number of hydrogen-bond acceptors (Lipinski definition) is 3. The highest BCUT2D eigenvalue weighted by Gasteiger charge is 2.54. The Kier molecular flexibility index (Phi) is 4.66. The zero-order valence-electron chi connectivity index (χ0n) is 15.3. The maximum Gasteiger partial charge on any atom is 0.257 e. The second-order valence-corrected chi connectivity index (χ2v) is 8.07. The number of benzene rings is 1. The van der Waals surface area contributed by atoms with E-state index in [4.69, 9.17) is 4.74 Å². The third kappa shape index (κ3) is 3.57. The molecule has 146 valence electrons. The third-order valence-corrected chi connectivity index (χ3v) is 5.87. The molecule has 4 rings (SSSR count). The van der Waals surface area contributed by atoms with Crippen LogP contribution in [0.15, 0.2) is 18.2 Å². The van der Waals surface area contributed by atoms with Gasteiger partial charge in [0.25, 0.3) is 5.91 Å². The number of ether oxygens (including phenoxy) is 1. The van der Waals surface area contributed by atoms with Crippen LogP contribution in [-0.4, -0.2) is 41.1 Å². The van der Waals surface area contributed by atoms with Crippen LogP contribution < -0.4 is 5.32 Å². The average Bonchev–Trinajstić information content (AvgIpc) is 3.35. The molecule has 1 N–H and O–H groups in total. The zero-order chi connectivity index (χ0) is 19.2. The van der Waals surface area contributed by atoms with Gasteiger partial charge in [-0.2, -0.15) is 0 Å². The molecule has 1 atom stereocenters. The van der Waals surface area contributed by atoms with Crippen molar-refractivity contribution in [2.75, 3.05) is 6.61 Å². The summed E-state index contributed by atoms with van der Waals surface area (Å²) < 4.78 is 33.4. The van der Waals surface area contributed by atoms with E-state index in [1.165, 1.54) is 4.90 Å². The van der Waals surface area contributed by atoms with E-state index >= 15 is 0 Å². The number of nitrogens with zero attached hydrogens (tertiary/aromatic N) is 1. The van der Waals surface area contributed by atoms with Gasteiger partial charge in [-0.3, -0.25) is 14.5 Å². The van der Waals surface area contributed by atoms with Gasteiger partial charge in [-0.15, -0.1) is 0 Å². The lowest BCUT2D eigenvalue weighted by molar-refractivity contribution is -0.128. The van der Waals surface area contributed by atoms with Crippen molar-refractivity contribution in [2.24, 2.45) is 5.92 Å². The highest BCUT2D eigenvalue weighted by molar-refractivity contribution is 5.98.